The van der Waals surface area contributed by atoms with Gasteiger partial charge in [0.15, 0.2) is 11.9 Å². The molecule has 0 saturated carbocycles. The molecule has 1 amide bonds. The minimum Gasteiger partial charge on any atom is -0.480 e. The normalized spacial score (nSPS) is 14.2. The molecule has 9 nitrogen and oxygen atoms in total. The van der Waals surface area contributed by atoms with Gasteiger partial charge in [0.05, 0.1) is 6.61 Å². The molecule has 2 aromatic rings. The van der Waals surface area contributed by atoms with Crippen LogP contribution >= 0.6 is 11.8 Å². The van der Waals surface area contributed by atoms with Crippen LogP contribution in [0.25, 0.3) is 0 Å². The number of rotatable bonds is 15. The van der Waals surface area contributed by atoms with Crippen molar-refractivity contribution >= 4 is 35.9 Å². The number of carbonyl (C=O) groups excluding carboxylic acids is 3. The molecule has 0 aliphatic carbocycles. The van der Waals surface area contributed by atoms with Crippen molar-refractivity contribution in [2.24, 2.45) is 5.73 Å². The highest BCUT2D eigenvalue weighted by atomic mass is 32.2. The van der Waals surface area contributed by atoms with Gasteiger partial charge in [-0.2, -0.15) is 11.8 Å². The number of hydrogen-bond donors (Lipinski definition) is 4. The van der Waals surface area contributed by atoms with E-state index >= 15 is 0 Å². The Morgan fingerprint density at radius 1 is 1.11 bits per heavy atom. The van der Waals surface area contributed by atoms with Crippen LogP contribution in [-0.4, -0.2) is 53.3 Å². The summed E-state index contributed by atoms with van der Waals surface area (Å²) in [5.74, 6) is -1.72. The lowest BCUT2D eigenvalue weighted by atomic mass is 10.0. The second-order valence-electron chi connectivity index (χ2n) is 7.84. The molecular weight excluding hydrogens is 470 g/mol. The third-order valence-corrected chi connectivity index (χ3v) is 6.26. The van der Waals surface area contributed by atoms with E-state index in [1.165, 1.54) is 11.8 Å². The molecule has 0 spiro atoms. The molecular formula is C25H31N3O6S. The molecule has 0 heterocycles. The summed E-state index contributed by atoms with van der Waals surface area (Å²) in [6.45, 7) is 1.82. The number of nitrogens with two attached hydrogens (primary N) is 1. The second kappa shape index (κ2) is 14.2. The molecule has 188 valence electrons. The highest BCUT2D eigenvalue weighted by Crippen LogP contribution is 2.22. The molecule has 0 aromatic heterocycles. The summed E-state index contributed by atoms with van der Waals surface area (Å²) in [6, 6.07) is 16.1. The SMILES string of the molecule is CCOC(=O)C(N[C@@](C=O)(CSCc1ccccc1)NC(=O)CC[C@H](N)C(=O)O)c1ccccc1. The number of carboxylic acid groups (broad SMARTS) is 1. The van der Waals surface area contributed by atoms with Crippen molar-refractivity contribution in [2.45, 2.75) is 43.3 Å². The van der Waals surface area contributed by atoms with E-state index in [1.807, 2.05) is 30.3 Å². The highest BCUT2D eigenvalue weighted by molar-refractivity contribution is 7.98. The minimum atomic E-state index is -1.63. The molecule has 3 atom stereocenters. The summed E-state index contributed by atoms with van der Waals surface area (Å²) in [6.07, 6.45) is 0.242. The van der Waals surface area contributed by atoms with Gasteiger partial charge < -0.3 is 20.9 Å². The number of amides is 1. The van der Waals surface area contributed by atoms with Crippen LogP contribution in [0.5, 0.6) is 0 Å². The Bertz CT molecular complexity index is 976. The molecule has 2 rings (SSSR count). The van der Waals surface area contributed by atoms with Crippen LogP contribution in [0.15, 0.2) is 60.7 Å². The molecule has 0 aliphatic rings. The van der Waals surface area contributed by atoms with Crippen molar-refractivity contribution in [3.8, 4) is 0 Å². The Kier molecular flexibility index (Phi) is 11.4. The molecule has 35 heavy (non-hydrogen) atoms. The molecule has 0 bridgehead atoms. The van der Waals surface area contributed by atoms with Gasteiger partial charge in [-0.3, -0.25) is 19.7 Å². The van der Waals surface area contributed by atoms with Crippen molar-refractivity contribution in [1.29, 1.82) is 0 Å². The number of carbonyl (C=O) groups is 4. The van der Waals surface area contributed by atoms with Gasteiger partial charge in [0.25, 0.3) is 0 Å². The van der Waals surface area contributed by atoms with E-state index in [0.29, 0.717) is 17.6 Å². The Morgan fingerprint density at radius 3 is 2.31 bits per heavy atom. The minimum absolute atomic E-state index is 0.102. The summed E-state index contributed by atoms with van der Waals surface area (Å²) in [4.78, 5) is 48.9. The van der Waals surface area contributed by atoms with Gasteiger partial charge in [0.1, 0.15) is 12.1 Å². The Labute approximate surface area is 208 Å². The molecule has 1 unspecified atom stereocenters. The zero-order valence-corrected chi connectivity index (χ0v) is 20.3. The fraction of sp³-hybridized carbons (Fsp3) is 0.360. The van der Waals surface area contributed by atoms with Gasteiger partial charge in [-0.25, -0.2) is 4.79 Å². The van der Waals surface area contributed by atoms with Crippen LogP contribution in [0.2, 0.25) is 0 Å². The van der Waals surface area contributed by atoms with Crippen LogP contribution in [0.3, 0.4) is 0 Å². The maximum absolute atomic E-state index is 12.8. The van der Waals surface area contributed by atoms with E-state index in [4.69, 9.17) is 15.6 Å². The van der Waals surface area contributed by atoms with Crippen LogP contribution in [0.4, 0.5) is 0 Å². The lowest BCUT2D eigenvalue weighted by Crippen LogP contribution is -2.64. The van der Waals surface area contributed by atoms with Crippen molar-refractivity contribution in [3.05, 3.63) is 71.8 Å². The van der Waals surface area contributed by atoms with Crippen LogP contribution in [0.1, 0.15) is 36.9 Å². The van der Waals surface area contributed by atoms with Gasteiger partial charge >= 0.3 is 11.9 Å². The first-order valence-electron chi connectivity index (χ1n) is 11.2. The largest absolute Gasteiger partial charge is 0.480 e. The Balaban J connectivity index is 2.27. The summed E-state index contributed by atoms with van der Waals surface area (Å²) < 4.78 is 5.21. The summed E-state index contributed by atoms with van der Waals surface area (Å²) in [5, 5.41) is 14.6. The van der Waals surface area contributed by atoms with E-state index < -0.39 is 35.6 Å². The van der Waals surface area contributed by atoms with Gasteiger partial charge in [0, 0.05) is 17.9 Å². The van der Waals surface area contributed by atoms with Gasteiger partial charge in [0.2, 0.25) is 5.91 Å². The van der Waals surface area contributed by atoms with E-state index in [1.54, 1.807) is 37.3 Å². The number of aliphatic carboxylic acids is 1. The fourth-order valence-electron chi connectivity index (χ4n) is 3.24. The van der Waals surface area contributed by atoms with Crippen LogP contribution in [0, 0.1) is 0 Å². The number of carboxylic acids is 1. The number of thioether (sulfide) groups is 1. The lowest BCUT2D eigenvalue weighted by molar-refractivity contribution is -0.147. The summed E-state index contributed by atoms with van der Waals surface area (Å²) in [5.41, 5.74) is 5.47. The number of aldehydes is 1. The monoisotopic (exact) mass is 501 g/mol. The molecule has 2 aromatic carbocycles. The maximum Gasteiger partial charge on any atom is 0.327 e. The van der Waals surface area contributed by atoms with E-state index in [2.05, 4.69) is 10.6 Å². The first-order chi connectivity index (χ1) is 16.8. The fourth-order valence-corrected chi connectivity index (χ4v) is 4.32. The van der Waals surface area contributed by atoms with Gasteiger partial charge in [-0.15, -0.1) is 0 Å². The average molecular weight is 502 g/mol. The van der Waals surface area contributed by atoms with Crippen LogP contribution < -0.4 is 16.4 Å². The topological polar surface area (TPSA) is 148 Å². The standard InChI is InChI=1S/C25H31N3O6S/c1-2-34-24(33)22(19-11-7-4-8-12-19)28-25(16-29,17-35-15-18-9-5-3-6-10-18)27-21(30)14-13-20(26)23(31)32/h3-12,16,20,22,28H,2,13-15,17,26H2,1H3,(H,27,30)(H,31,32)/t20-,22?,25-/m0/s1. The third-order valence-electron chi connectivity index (χ3n) is 5.06. The maximum atomic E-state index is 12.8. The predicted octanol–water partition coefficient (Wildman–Crippen LogP) is 2.02. The zero-order valence-electron chi connectivity index (χ0n) is 19.5. The number of nitrogens with one attached hydrogen (secondary N) is 2. The van der Waals surface area contributed by atoms with Crippen molar-refractivity contribution in [2.75, 3.05) is 12.4 Å². The highest BCUT2D eigenvalue weighted by Gasteiger charge is 2.37. The quantitative estimate of drug-likeness (QED) is 0.163. The molecule has 0 saturated heterocycles. The number of ether oxygens (including phenoxy) is 1. The second-order valence-corrected chi connectivity index (χ2v) is 8.82. The predicted molar refractivity (Wildman–Crippen MR) is 133 cm³/mol. The van der Waals surface area contributed by atoms with Crippen molar-refractivity contribution < 1.29 is 29.0 Å². The van der Waals surface area contributed by atoms with E-state index in [0.717, 1.165) is 5.56 Å². The van der Waals surface area contributed by atoms with Gasteiger partial charge in [-0.1, -0.05) is 60.7 Å². The summed E-state index contributed by atoms with van der Waals surface area (Å²) >= 11 is 1.39. The smallest absolute Gasteiger partial charge is 0.327 e. The zero-order chi connectivity index (χ0) is 25.7. The first kappa shape index (κ1) is 28.0. The van der Waals surface area contributed by atoms with Crippen molar-refractivity contribution in [3.63, 3.8) is 0 Å². The van der Waals surface area contributed by atoms with E-state index in [9.17, 15) is 19.2 Å². The summed E-state index contributed by atoms with van der Waals surface area (Å²) in [7, 11) is 0. The molecule has 0 radical (unpaired) electrons. The third kappa shape index (κ3) is 9.16. The first-order valence-corrected chi connectivity index (χ1v) is 12.3. The molecule has 0 aliphatic heterocycles. The number of benzene rings is 2. The average Bonchev–Trinajstić information content (AvgIpc) is 2.86. The molecule has 5 N–H and O–H groups in total. The molecule has 0 fully saturated rings. The van der Waals surface area contributed by atoms with Gasteiger partial charge in [-0.05, 0) is 24.5 Å². The number of hydrogen-bond acceptors (Lipinski definition) is 8. The Morgan fingerprint density at radius 2 is 1.74 bits per heavy atom. The van der Waals surface area contributed by atoms with E-state index in [-0.39, 0.29) is 25.2 Å². The number of esters is 1. The lowest BCUT2D eigenvalue weighted by Gasteiger charge is -2.34. The van der Waals surface area contributed by atoms with Crippen molar-refractivity contribution in [1.82, 2.24) is 10.6 Å². The van der Waals surface area contributed by atoms with Crippen LogP contribution in [-0.2, 0) is 29.7 Å². The molecule has 10 heteroatoms. The Hall–Kier alpha value is -3.21.